The molecule has 11 heteroatoms. The van der Waals surface area contributed by atoms with Crippen LogP contribution in [0.2, 0.25) is 10.0 Å². The van der Waals surface area contributed by atoms with Crippen LogP contribution in [-0.2, 0) is 4.79 Å². The number of nitrogens with zero attached hydrogens (tertiary/aromatic N) is 1. The second-order valence-electron chi connectivity index (χ2n) is 8.80. The maximum Gasteiger partial charge on any atom is 0.280 e. The van der Waals surface area contributed by atoms with Crippen LogP contribution in [0.5, 0.6) is 5.75 Å². The van der Waals surface area contributed by atoms with E-state index in [4.69, 9.17) is 27.9 Å². The van der Waals surface area contributed by atoms with Gasteiger partial charge in [-0.15, -0.1) is 0 Å². The third-order valence-corrected chi connectivity index (χ3v) is 7.36. The van der Waals surface area contributed by atoms with Gasteiger partial charge < -0.3 is 20.5 Å². The Morgan fingerprint density at radius 2 is 1.85 bits per heavy atom. The van der Waals surface area contributed by atoms with Crippen LogP contribution in [0, 0.1) is 0 Å². The summed E-state index contributed by atoms with van der Waals surface area (Å²) < 4.78 is 30.9. The minimum atomic E-state index is -2.71. The molecule has 0 aliphatic heterocycles. The molecule has 0 radical (unpaired) electrons. The van der Waals surface area contributed by atoms with Gasteiger partial charge in [-0.3, -0.25) is 14.6 Å². The topological polar surface area (TPSA) is 101 Å². The van der Waals surface area contributed by atoms with Crippen molar-refractivity contribution in [3.63, 3.8) is 0 Å². The number of benzene rings is 1. The summed E-state index contributed by atoms with van der Waals surface area (Å²) in [4.78, 5) is 28.8. The molecule has 3 aliphatic rings. The van der Waals surface area contributed by atoms with Crippen LogP contribution in [-0.4, -0.2) is 45.7 Å². The molecule has 7 nitrogen and oxygen atoms in total. The lowest BCUT2D eigenvalue weighted by atomic mass is 9.60. The van der Waals surface area contributed by atoms with Gasteiger partial charge in [-0.05, 0) is 56.4 Å². The minimum absolute atomic E-state index is 0.170. The Bertz CT molecular complexity index is 1080. The molecule has 1 heterocycles. The highest BCUT2D eigenvalue weighted by Crippen LogP contribution is 2.47. The number of pyridine rings is 1. The van der Waals surface area contributed by atoms with Gasteiger partial charge in [0.25, 0.3) is 18.2 Å². The zero-order chi connectivity index (χ0) is 24.5. The summed E-state index contributed by atoms with van der Waals surface area (Å²) in [7, 11) is 0. The number of rotatable bonds is 7. The Kier molecular flexibility index (Phi) is 6.98. The number of aliphatic hydroxyl groups excluding tert-OH is 1. The standard InChI is InChI=1S/C23H23Cl2F2N3O4/c24-15-3-2-14(9-16(15)25)34-12-19(32)29-23-7-5-22(6-8-23,10-18(23)31)30-21(33)13-1-4-17(20(26)27)28-11-13/h1-4,9,11,18,20,31H,5-8,10,12H2,(H,29,32)(H,30,33)/t18-,22?,23?/m0/s1. The number of carbonyl (C=O) groups is 2. The van der Waals surface area contributed by atoms with E-state index in [-0.39, 0.29) is 24.5 Å². The molecule has 1 aromatic carbocycles. The fraction of sp³-hybridized carbons (Fsp3) is 0.435. The molecule has 0 saturated heterocycles. The van der Waals surface area contributed by atoms with E-state index in [1.807, 2.05) is 0 Å². The van der Waals surface area contributed by atoms with Crippen molar-refractivity contribution >= 4 is 35.0 Å². The number of alkyl halides is 2. The van der Waals surface area contributed by atoms with Crippen molar-refractivity contribution in [2.24, 2.45) is 0 Å². The van der Waals surface area contributed by atoms with E-state index in [9.17, 15) is 23.5 Å². The smallest absolute Gasteiger partial charge is 0.280 e. The summed E-state index contributed by atoms with van der Waals surface area (Å²) >= 11 is 11.8. The van der Waals surface area contributed by atoms with Gasteiger partial charge in [-0.2, -0.15) is 0 Å². The quantitative estimate of drug-likeness (QED) is 0.518. The average molecular weight is 514 g/mol. The number of aliphatic hydroxyl groups is 1. The molecule has 2 aromatic rings. The first-order chi connectivity index (χ1) is 16.1. The molecule has 2 amide bonds. The third-order valence-electron chi connectivity index (χ3n) is 6.62. The van der Waals surface area contributed by atoms with Crippen molar-refractivity contribution in [2.75, 3.05) is 6.61 Å². The fourth-order valence-electron chi connectivity index (χ4n) is 4.67. The number of amides is 2. The lowest BCUT2D eigenvalue weighted by Crippen LogP contribution is -2.70. The van der Waals surface area contributed by atoms with Gasteiger partial charge in [0, 0.05) is 17.8 Å². The maximum atomic E-state index is 12.7. The Morgan fingerprint density at radius 1 is 1.12 bits per heavy atom. The monoisotopic (exact) mass is 513 g/mol. The zero-order valence-corrected chi connectivity index (χ0v) is 19.5. The molecular formula is C23H23Cl2F2N3O4. The number of ether oxygens (including phenoxy) is 1. The van der Waals surface area contributed by atoms with E-state index in [0.717, 1.165) is 12.3 Å². The molecule has 3 saturated carbocycles. The third kappa shape index (κ3) is 5.11. The van der Waals surface area contributed by atoms with Gasteiger partial charge in [0.05, 0.1) is 27.3 Å². The summed E-state index contributed by atoms with van der Waals surface area (Å²) in [6.07, 6.45) is -0.170. The molecule has 0 spiro atoms. The van der Waals surface area contributed by atoms with Crippen molar-refractivity contribution in [1.29, 1.82) is 0 Å². The molecule has 1 atom stereocenters. The summed E-state index contributed by atoms with van der Waals surface area (Å²) in [5, 5.41) is 17.4. The number of halogens is 4. The second kappa shape index (κ2) is 9.64. The Hall–Kier alpha value is -2.49. The SMILES string of the molecule is O=C(COc1ccc(Cl)c(Cl)c1)NC12CCC(NC(=O)c3ccc(C(F)F)nc3)(CC1)C[C@@H]2O. The second-order valence-corrected chi connectivity index (χ2v) is 9.61. The highest BCUT2D eigenvalue weighted by molar-refractivity contribution is 6.42. The van der Waals surface area contributed by atoms with E-state index in [1.165, 1.54) is 12.1 Å². The number of aromatic nitrogens is 1. The van der Waals surface area contributed by atoms with Gasteiger partial charge >= 0.3 is 0 Å². The van der Waals surface area contributed by atoms with E-state index in [2.05, 4.69) is 15.6 Å². The predicted octanol–water partition coefficient (Wildman–Crippen LogP) is 4.07. The van der Waals surface area contributed by atoms with Gasteiger partial charge in [0.1, 0.15) is 11.4 Å². The molecule has 5 rings (SSSR count). The summed E-state index contributed by atoms with van der Waals surface area (Å²) in [5.41, 5.74) is -1.67. The van der Waals surface area contributed by atoms with E-state index >= 15 is 0 Å². The Morgan fingerprint density at radius 3 is 2.44 bits per heavy atom. The first-order valence-corrected chi connectivity index (χ1v) is 11.5. The Balaban J connectivity index is 1.34. The lowest BCUT2D eigenvalue weighted by Gasteiger charge is -2.56. The normalized spacial score (nSPS) is 25.8. The zero-order valence-electron chi connectivity index (χ0n) is 18.0. The van der Waals surface area contributed by atoms with Gasteiger partial charge in [0.2, 0.25) is 0 Å². The van der Waals surface area contributed by atoms with Crippen molar-refractivity contribution in [3.05, 3.63) is 57.8 Å². The van der Waals surface area contributed by atoms with Crippen LogP contribution >= 0.6 is 23.2 Å². The molecular weight excluding hydrogens is 491 g/mol. The maximum absolute atomic E-state index is 12.7. The minimum Gasteiger partial charge on any atom is -0.484 e. The van der Waals surface area contributed by atoms with Crippen molar-refractivity contribution in [2.45, 2.75) is 55.7 Å². The molecule has 3 N–H and O–H groups in total. The Labute approximate surface area is 204 Å². The van der Waals surface area contributed by atoms with E-state index < -0.39 is 35.2 Å². The molecule has 0 unspecified atom stereocenters. The number of nitrogens with one attached hydrogen (secondary N) is 2. The number of hydrogen-bond donors (Lipinski definition) is 3. The van der Waals surface area contributed by atoms with Gasteiger partial charge in [0.15, 0.2) is 6.61 Å². The van der Waals surface area contributed by atoms with Crippen LogP contribution in [0.4, 0.5) is 8.78 Å². The highest BCUT2D eigenvalue weighted by atomic mass is 35.5. The molecule has 2 bridgehead atoms. The summed E-state index contributed by atoms with van der Waals surface area (Å²) in [5.74, 6) is -0.421. The predicted molar refractivity (Wildman–Crippen MR) is 121 cm³/mol. The molecule has 34 heavy (non-hydrogen) atoms. The van der Waals surface area contributed by atoms with Crippen LogP contribution in [0.15, 0.2) is 36.5 Å². The fourth-order valence-corrected chi connectivity index (χ4v) is 4.96. The number of fused-ring (bicyclic) bond motifs is 3. The largest absolute Gasteiger partial charge is 0.484 e. The van der Waals surface area contributed by atoms with Crippen LogP contribution in [0.1, 0.15) is 54.6 Å². The van der Waals surface area contributed by atoms with E-state index in [1.54, 1.807) is 12.1 Å². The van der Waals surface area contributed by atoms with Crippen molar-refractivity contribution in [1.82, 2.24) is 15.6 Å². The average Bonchev–Trinajstić information content (AvgIpc) is 2.81. The van der Waals surface area contributed by atoms with E-state index in [0.29, 0.717) is 41.5 Å². The lowest BCUT2D eigenvalue weighted by molar-refractivity contribution is -0.132. The summed E-state index contributed by atoms with van der Waals surface area (Å²) in [6, 6.07) is 7.11. The molecule has 1 aromatic heterocycles. The molecule has 3 fully saturated rings. The highest BCUT2D eigenvalue weighted by Gasteiger charge is 2.55. The van der Waals surface area contributed by atoms with Crippen LogP contribution in [0.25, 0.3) is 0 Å². The van der Waals surface area contributed by atoms with Crippen molar-refractivity contribution in [3.8, 4) is 5.75 Å². The van der Waals surface area contributed by atoms with Gasteiger partial charge in [-0.25, -0.2) is 8.78 Å². The molecule has 3 aliphatic carbocycles. The molecule has 182 valence electrons. The number of hydrogen-bond acceptors (Lipinski definition) is 5. The first kappa shape index (κ1) is 24.6. The van der Waals surface area contributed by atoms with Gasteiger partial charge in [-0.1, -0.05) is 23.2 Å². The number of carbonyl (C=O) groups excluding carboxylic acids is 2. The summed E-state index contributed by atoms with van der Waals surface area (Å²) in [6.45, 7) is -0.254. The van der Waals surface area contributed by atoms with Crippen molar-refractivity contribution < 1.29 is 28.2 Å². The first-order valence-electron chi connectivity index (χ1n) is 10.7. The van der Waals surface area contributed by atoms with Crippen LogP contribution < -0.4 is 15.4 Å². The van der Waals surface area contributed by atoms with Crippen LogP contribution in [0.3, 0.4) is 0 Å².